The van der Waals surface area contributed by atoms with Crippen LogP contribution in [0.1, 0.15) is 41.5 Å². The molecule has 1 aliphatic carbocycles. The van der Waals surface area contributed by atoms with Crippen LogP contribution in [0.4, 0.5) is 20.2 Å². The van der Waals surface area contributed by atoms with Crippen LogP contribution in [-0.4, -0.2) is 44.4 Å². The Kier molecular flexibility index (Phi) is 5.52. The van der Waals surface area contributed by atoms with E-state index in [2.05, 4.69) is 19.9 Å². The molecule has 3 N–H and O–H groups in total. The summed E-state index contributed by atoms with van der Waals surface area (Å²) in [5.41, 5.74) is 7.63. The predicted octanol–water partition coefficient (Wildman–Crippen LogP) is 3.06. The van der Waals surface area contributed by atoms with Crippen molar-refractivity contribution in [2.24, 2.45) is 12.8 Å². The topological polar surface area (TPSA) is 111 Å². The van der Waals surface area contributed by atoms with E-state index in [1.807, 2.05) is 19.2 Å². The van der Waals surface area contributed by atoms with E-state index in [1.54, 1.807) is 0 Å². The molecule has 0 radical (unpaired) electrons. The van der Waals surface area contributed by atoms with Crippen LogP contribution >= 0.6 is 0 Å². The molecule has 3 heterocycles. The normalized spacial score (nSPS) is 17.5. The summed E-state index contributed by atoms with van der Waals surface area (Å²) in [6, 6.07) is 9.22. The number of anilines is 2. The highest BCUT2D eigenvalue weighted by Crippen LogP contribution is 2.43. The Balaban J connectivity index is 1.41. The smallest absolute Gasteiger partial charge is 0.276 e. The molecule has 4 aromatic rings. The maximum absolute atomic E-state index is 14.3. The van der Waals surface area contributed by atoms with Crippen molar-refractivity contribution in [2.45, 2.75) is 31.2 Å². The standard InChI is InChI=1S/C26H25F2N7O2/c1-33-20-9-7-18(24(34-12-11-15(29)13-34)22(20)31-25(33)14-5-6-14)30-26(37)19-8-10-21(36)35(32-19)23-16(27)3-2-4-17(23)28/h2-4,7-10,14-15H,5-6,11-13,29H2,1H3,(H,30,37). The van der Waals surface area contributed by atoms with E-state index in [9.17, 15) is 18.4 Å². The summed E-state index contributed by atoms with van der Waals surface area (Å²) in [4.78, 5) is 32.7. The summed E-state index contributed by atoms with van der Waals surface area (Å²) in [6.07, 6.45) is 3.02. The molecule has 1 amide bonds. The number of amides is 1. The van der Waals surface area contributed by atoms with Crippen LogP contribution in [0.2, 0.25) is 0 Å². The third-order valence-corrected chi connectivity index (χ3v) is 6.98. The number of carbonyl (C=O) groups is 1. The number of aromatic nitrogens is 4. The van der Waals surface area contributed by atoms with Crippen LogP contribution in [0.5, 0.6) is 0 Å². The van der Waals surface area contributed by atoms with Crippen LogP contribution in [0.25, 0.3) is 16.7 Å². The zero-order chi connectivity index (χ0) is 25.8. The van der Waals surface area contributed by atoms with Gasteiger partial charge in [0.25, 0.3) is 11.5 Å². The molecular weight excluding hydrogens is 480 g/mol. The van der Waals surface area contributed by atoms with E-state index >= 15 is 0 Å². The highest BCUT2D eigenvalue weighted by Gasteiger charge is 2.31. The number of aryl methyl sites for hydroxylation is 1. The first-order chi connectivity index (χ1) is 17.8. The van der Waals surface area contributed by atoms with E-state index in [0.717, 1.165) is 60.0 Å². The highest BCUT2D eigenvalue weighted by atomic mass is 19.1. The van der Waals surface area contributed by atoms with Crippen molar-refractivity contribution < 1.29 is 13.6 Å². The number of halogens is 2. The minimum absolute atomic E-state index is 0.00584. The van der Waals surface area contributed by atoms with Crippen molar-refractivity contribution in [3.8, 4) is 5.69 Å². The Bertz CT molecular complexity index is 1590. The van der Waals surface area contributed by atoms with Crippen molar-refractivity contribution in [3.05, 3.63) is 76.0 Å². The van der Waals surface area contributed by atoms with Gasteiger partial charge in [0.15, 0.2) is 11.6 Å². The first-order valence-electron chi connectivity index (χ1n) is 12.2. The molecule has 2 aromatic heterocycles. The number of imidazole rings is 1. The number of benzene rings is 2. The summed E-state index contributed by atoms with van der Waals surface area (Å²) >= 11 is 0. The summed E-state index contributed by atoms with van der Waals surface area (Å²) in [5, 5.41) is 6.85. The fourth-order valence-electron chi connectivity index (χ4n) is 4.95. The number of hydrogen-bond donors (Lipinski definition) is 2. The first-order valence-corrected chi connectivity index (χ1v) is 12.2. The van der Waals surface area contributed by atoms with Crippen molar-refractivity contribution in [1.29, 1.82) is 0 Å². The zero-order valence-corrected chi connectivity index (χ0v) is 20.1. The fourth-order valence-corrected chi connectivity index (χ4v) is 4.95. The van der Waals surface area contributed by atoms with Crippen molar-refractivity contribution in [2.75, 3.05) is 23.3 Å². The maximum atomic E-state index is 14.3. The average Bonchev–Trinajstić information content (AvgIpc) is 3.54. The molecule has 1 atom stereocenters. The number of fused-ring (bicyclic) bond motifs is 1. The Morgan fingerprint density at radius 1 is 1.05 bits per heavy atom. The average molecular weight is 506 g/mol. The molecule has 0 bridgehead atoms. The number of rotatable bonds is 5. The highest BCUT2D eigenvalue weighted by molar-refractivity contribution is 6.08. The molecule has 11 heteroatoms. The van der Waals surface area contributed by atoms with Gasteiger partial charge in [0.2, 0.25) is 0 Å². The maximum Gasteiger partial charge on any atom is 0.276 e. The SMILES string of the molecule is Cn1c(C2CC2)nc2c(N3CCC(N)C3)c(NC(=O)c3ccc(=O)n(-c4c(F)cccc4F)n3)ccc21. The Morgan fingerprint density at radius 3 is 2.49 bits per heavy atom. The Labute approximate surface area is 210 Å². The third kappa shape index (κ3) is 4.05. The lowest BCUT2D eigenvalue weighted by Gasteiger charge is -2.22. The first kappa shape index (κ1) is 23.3. The van der Waals surface area contributed by atoms with Gasteiger partial charge in [-0.25, -0.2) is 13.8 Å². The molecule has 2 fully saturated rings. The molecule has 6 rings (SSSR count). The van der Waals surface area contributed by atoms with Gasteiger partial charge in [0.05, 0.1) is 16.9 Å². The molecule has 37 heavy (non-hydrogen) atoms. The molecular formula is C26H25F2N7O2. The molecule has 2 aromatic carbocycles. The number of hydrogen-bond acceptors (Lipinski definition) is 6. The molecule has 1 aliphatic heterocycles. The monoisotopic (exact) mass is 505 g/mol. The number of nitrogens with zero attached hydrogens (tertiary/aromatic N) is 5. The van der Waals surface area contributed by atoms with Gasteiger partial charge in [-0.3, -0.25) is 9.59 Å². The van der Waals surface area contributed by atoms with Crippen LogP contribution in [0.3, 0.4) is 0 Å². The molecule has 1 saturated heterocycles. The van der Waals surface area contributed by atoms with Crippen LogP contribution in [-0.2, 0) is 7.05 Å². The largest absolute Gasteiger partial charge is 0.366 e. The second-order valence-electron chi connectivity index (χ2n) is 9.62. The Hall–Kier alpha value is -4.12. The van der Waals surface area contributed by atoms with Gasteiger partial charge in [-0.05, 0) is 49.6 Å². The van der Waals surface area contributed by atoms with E-state index in [1.165, 1.54) is 12.1 Å². The molecule has 1 unspecified atom stereocenters. The lowest BCUT2D eigenvalue weighted by molar-refractivity contribution is 0.102. The summed E-state index contributed by atoms with van der Waals surface area (Å²) in [6.45, 7) is 1.33. The number of nitrogens with two attached hydrogens (primary N) is 1. The Morgan fingerprint density at radius 2 is 1.81 bits per heavy atom. The van der Waals surface area contributed by atoms with Crippen molar-refractivity contribution >= 4 is 28.3 Å². The number of carbonyl (C=O) groups excluding carboxylic acids is 1. The molecule has 2 aliphatic rings. The second kappa shape index (κ2) is 8.77. The van der Waals surface area contributed by atoms with E-state index in [4.69, 9.17) is 10.7 Å². The van der Waals surface area contributed by atoms with Gasteiger partial charge in [-0.2, -0.15) is 9.78 Å². The third-order valence-electron chi connectivity index (χ3n) is 6.98. The summed E-state index contributed by atoms with van der Waals surface area (Å²) in [7, 11) is 2.00. The van der Waals surface area contributed by atoms with Gasteiger partial charge in [0.1, 0.15) is 22.7 Å². The van der Waals surface area contributed by atoms with Gasteiger partial charge in [-0.1, -0.05) is 6.07 Å². The van der Waals surface area contributed by atoms with Crippen molar-refractivity contribution in [3.63, 3.8) is 0 Å². The zero-order valence-electron chi connectivity index (χ0n) is 20.1. The van der Waals surface area contributed by atoms with Gasteiger partial charge >= 0.3 is 0 Å². The molecule has 9 nitrogen and oxygen atoms in total. The second-order valence-corrected chi connectivity index (χ2v) is 9.62. The molecule has 1 saturated carbocycles. The minimum atomic E-state index is -0.966. The molecule has 0 spiro atoms. The van der Waals surface area contributed by atoms with E-state index in [0.29, 0.717) is 29.4 Å². The van der Waals surface area contributed by atoms with Crippen molar-refractivity contribution in [1.82, 2.24) is 19.3 Å². The summed E-state index contributed by atoms with van der Waals surface area (Å²) < 4.78 is 31.3. The lowest BCUT2D eigenvalue weighted by Crippen LogP contribution is -2.28. The summed E-state index contributed by atoms with van der Waals surface area (Å²) in [5.74, 6) is -1.11. The quantitative estimate of drug-likeness (QED) is 0.431. The van der Waals surface area contributed by atoms with Crippen LogP contribution in [0.15, 0.2) is 47.3 Å². The van der Waals surface area contributed by atoms with Gasteiger partial charge in [-0.15, -0.1) is 0 Å². The predicted molar refractivity (Wildman–Crippen MR) is 135 cm³/mol. The van der Waals surface area contributed by atoms with E-state index in [-0.39, 0.29) is 11.7 Å². The van der Waals surface area contributed by atoms with E-state index < -0.39 is 28.8 Å². The van der Waals surface area contributed by atoms with Gasteiger partial charge < -0.3 is 20.5 Å². The minimum Gasteiger partial charge on any atom is -0.366 e. The van der Waals surface area contributed by atoms with Crippen LogP contribution < -0.4 is 21.5 Å². The van der Waals surface area contributed by atoms with Gasteiger partial charge in [0, 0.05) is 38.2 Å². The van der Waals surface area contributed by atoms with Crippen LogP contribution in [0, 0.1) is 11.6 Å². The number of nitrogens with one attached hydrogen (secondary N) is 1. The number of para-hydroxylation sites is 1. The molecule has 190 valence electrons. The lowest BCUT2D eigenvalue weighted by atomic mass is 10.2. The fraction of sp³-hybridized carbons (Fsp3) is 0.308.